The summed E-state index contributed by atoms with van der Waals surface area (Å²) in [5.74, 6) is -0.544. The van der Waals surface area contributed by atoms with Crippen molar-refractivity contribution < 1.29 is 19.1 Å². The molecule has 1 atom stereocenters. The van der Waals surface area contributed by atoms with E-state index in [0.29, 0.717) is 13.2 Å². The Morgan fingerprint density at radius 3 is 2.50 bits per heavy atom. The first-order valence-electron chi connectivity index (χ1n) is 5.24. The molecule has 0 radical (unpaired) electrons. The zero-order chi connectivity index (χ0) is 12.4. The van der Waals surface area contributed by atoms with E-state index in [1.165, 1.54) is 6.92 Å². The predicted molar refractivity (Wildman–Crippen MR) is 63.5 cm³/mol. The van der Waals surface area contributed by atoms with Gasteiger partial charge in [-0.25, -0.2) is 4.79 Å². The molecular weight excluding hydrogens is 230 g/mol. The van der Waals surface area contributed by atoms with Gasteiger partial charge < -0.3 is 14.8 Å². The van der Waals surface area contributed by atoms with E-state index in [0.717, 1.165) is 6.42 Å². The molecule has 0 spiro atoms. The van der Waals surface area contributed by atoms with E-state index < -0.39 is 12.0 Å². The Kier molecular flexibility index (Phi) is 9.03. The van der Waals surface area contributed by atoms with Crippen LogP contribution in [0.2, 0.25) is 0 Å². The van der Waals surface area contributed by atoms with Crippen molar-refractivity contribution in [3.05, 3.63) is 0 Å². The van der Waals surface area contributed by atoms with E-state index in [2.05, 4.69) is 17.9 Å². The summed E-state index contributed by atoms with van der Waals surface area (Å²) in [6.07, 6.45) is 0.930. The summed E-state index contributed by atoms with van der Waals surface area (Å²) in [6, 6.07) is -0.688. The quantitative estimate of drug-likeness (QED) is 0.371. The standard InChI is InChI=1S/C10H19NO4S/c1-3-4-14-5-6-15-10(13)9(7-16)11-8(2)12/h9,16H,3-7H2,1-2H3,(H,11,12). The van der Waals surface area contributed by atoms with Gasteiger partial charge in [-0.05, 0) is 6.42 Å². The molecule has 5 nitrogen and oxygen atoms in total. The Balaban J connectivity index is 3.71. The molecule has 0 aromatic rings. The first-order chi connectivity index (χ1) is 7.61. The van der Waals surface area contributed by atoms with Crippen LogP contribution in [0.15, 0.2) is 0 Å². The van der Waals surface area contributed by atoms with Gasteiger partial charge in [0, 0.05) is 19.3 Å². The van der Waals surface area contributed by atoms with Crippen molar-refractivity contribution in [2.45, 2.75) is 26.3 Å². The highest BCUT2D eigenvalue weighted by atomic mass is 32.1. The van der Waals surface area contributed by atoms with Crippen LogP contribution in [0.3, 0.4) is 0 Å². The van der Waals surface area contributed by atoms with Gasteiger partial charge >= 0.3 is 5.97 Å². The summed E-state index contributed by atoms with van der Waals surface area (Å²) in [6.45, 7) is 4.56. The molecule has 1 unspecified atom stereocenters. The Morgan fingerprint density at radius 1 is 1.31 bits per heavy atom. The van der Waals surface area contributed by atoms with Crippen LogP contribution in [0.4, 0.5) is 0 Å². The molecule has 1 N–H and O–H groups in total. The Morgan fingerprint density at radius 2 is 2.00 bits per heavy atom. The molecule has 0 aliphatic rings. The van der Waals surface area contributed by atoms with E-state index in [1.807, 2.05) is 6.92 Å². The van der Waals surface area contributed by atoms with Gasteiger partial charge in [0.2, 0.25) is 5.91 Å². The molecule has 0 bridgehead atoms. The van der Waals surface area contributed by atoms with E-state index in [-0.39, 0.29) is 18.3 Å². The number of amides is 1. The third-order valence-electron chi connectivity index (χ3n) is 1.67. The highest BCUT2D eigenvalue weighted by Gasteiger charge is 2.18. The van der Waals surface area contributed by atoms with Crippen LogP contribution in [0, 0.1) is 0 Å². The van der Waals surface area contributed by atoms with Crippen LogP contribution in [0.1, 0.15) is 20.3 Å². The van der Waals surface area contributed by atoms with E-state index in [1.54, 1.807) is 0 Å². The lowest BCUT2D eigenvalue weighted by molar-refractivity contribution is -0.148. The zero-order valence-corrected chi connectivity index (χ0v) is 10.6. The predicted octanol–water partition coefficient (Wildman–Crippen LogP) is 0.391. The van der Waals surface area contributed by atoms with Gasteiger partial charge in [-0.2, -0.15) is 12.6 Å². The average Bonchev–Trinajstić information content (AvgIpc) is 2.25. The molecule has 0 saturated heterocycles. The zero-order valence-electron chi connectivity index (χ0n) is 9.69. The van der Waals surface area contributed by atoms with Crippen molar-refractivity contribution in [1.29, 1.82) is 0 Å². The number of hydrogen-bond donors (Lipinski definition) is 2. The number of carbonyl (C=O) groups is 2. The third kappa shape index (κ3) is 7.53. The number of rotatable bonds is 8. The third-order valence-corrected chi connectivity index (χ3v) is 2.03. The minimum absolute atomic E-state index is 0.197. The number of nitrogens with one attached hydrogen (secondary N) is 1. The maximum atomic E-state index is 11.4. The van der Waals surface area contributed by atoms with Crippen molar-refractivity contribution in [3.8, 4) is 0 Å². The van der Waals surface area contributed by atoms with E-state index >= 15 is 0 Å². The van der Waals surface area contributed by atoms with Crippen LogP contribution >= 0.6 is 12.6 Å². The van der Waals surface area contributed by atoms with Crippen LogP contribution in [-0.4, -0.2) is 43.5 Å². The smallest absolute Gasteiger partial charge is 0.329 e. The van der Waals surface area contributed by atoms with Gasteiger partial charge in [0.15, 0.2) is 0 Å². The molecule has 1 amide bonds. The Labute approximate surface area is 101 Å². The van der Waals surface area contributed by atoms with Crippen molar-refractivity contribution >= 4 is 24.5 Å². The molecular formula is C10H19NO4S. The van der Waals surface area contributed by atoms with E-state index in [9.17, 15) is 9.59 Å². The number of hydrogen-bond acceptors (Lipinski definition) is 5. The lowest BCUT2D eigenvalue weighted by atomic mass is 10.3. The molecule has 0 aliphatic heterocycles. The number of esters is 1. The van der Waals surface area contributed by atoms with Crippen molar-refractivity contribution in [2.75, 3.05) is 25.6 Å². The minimum atomic E-state index is -0.688. The highest BCUT2D eigenvalue weighted by Crippen LogP contribution is 1.93. The molecule has 0 aromatic heterocycles. The average molecular weight is 249 g/mol. The summed E-state index contributed by atoms with van der Waals surface area (Å²) in [4.78, 5) is 22.2. The summed E-state index contributed by atoms with van der Waals surface area (Å²) < 4.78 is 10.1. The second-order valence-electron chi connectivity index (χ2n) is 3.22. The maximum absolute atomic E-state index is 11.4. The van der Waals surface area contributed by atoms with Crippen LogP contribution in [0.25, 0.3) is 0 Å². The fourth-order valence-electron chi connectivity index (χ4n) is 0.973. The highest BCUT2D eigenvalue weighted by molar-refractivity contribution is 7.80. The van der Waals surface area contributed by atoms with Crippen molar-refractivity contribution in [3.63, 3.8) is 0 Å². The van der Waals surface area contributed by atoms with Crippen LogP contribution in [0.5, 0.6) is 0 Å². The summed E-state index contributed by atoms with van der Waals surface area (Å²) in [5, 5.41) is 2.45. The van der Waals surface area contributed by atoms with Gasteiger partial charge in [-0.1, -0.05) is 6.92 Å². The van der Waals surface area contributed by atoms with Gasteiger partial charge in [0.25, 0.3) is 0 Å². The van der Waals surface area contributed by atoms with Crippen LogP contribution < -0.4 is 5.32 Å². The molecule has 16 heavy (non-hydrogen) atoms. The van der Waals surface area contributed by atoms with Gasteiger partial charge in [0.05, 0.1) is 6.61 Å². The summed E-state index contributed by atoms with van der Waals surface area (Å²) >= 11 is 3.96. The molecule has 0 rings (SSSR count). The molecule has 0 saturated carbocycles. The second-order valence-corrected chi connectivity index (χ2v) is 3.58. The molecule has 0 aliphatic carbocycles. The minimum Gasteiger partial charge on any atom is -0.462 e. The number of thiol groups is 1. The van der Waals surface area contributed by atoms with Gasteiger partial charge in [-0.15, -0.1) is 0 Å². The number of ether oxygens (including phenoxy) is 2. The largest absolute Gasteiger partial charge is 0.462 e. The van der Waals surface area contributed by atoms with Crippen molar-refractivity contribution in [2.24, 2.45) is 0 Å². The monoisotopic (exact) mass is 249 g/mol. The molecule has 6 heteroatoms. The fraction of sp³-hybridized carbons (Fsp3) is 0.800. The molecule has 94 valence electrons. The van der Waals surface area contributed by atoms with Gasteiger partial charge in [-0.3, -0.25) is 4.79 Å². The normalized spacial score (nSPS) is 11.9. The van der Waals surface area contributed by atoms with Crippen LogP contribution in [-0.2, 0) is 19.1 Å². The number of carbonyl (C=O) groups excluding carboxylic acids is 2. The fourth-order valence-corrected chi connectivity index (χ4v) is 1.21. The first-order valence-corrected chi connectivity index (χ1v) is 5.87. The lowest BCUT2D eigenvalue weighted by Crippen LogP contribution is -2.42. The molecule has 0 fully saturated rings. The lowest BCUT2D eigenvalue weighted by Gasteiger charge is -2.14. The summed E-state index contributed by atoms with van der Waals surface area (Å²) in [5.41, 5.74) is 0. The van der Waals surface area contributed by atoms with Gasteiger partial charge in [0.1, 0.15) is 12.6 Å². The molecule has 0 aromatic carbocycles. The topological polar surface area (TPSA) is 64.6 Å². The maximum Gasteiger partial charge on any atom is 0.329 e. The van der Waals surface area contributed by atoms with Crippen molar-refractivity contribution in [1.82, 2.24) is 5.32 Å². The Hall–Kier alpha value is -0.750. The van der Waals surface area contributed by atoms with E-state index in [4.69, 9.17) is 9.47 Å². The second kappa shape index (κ2) is 9.47. The summed E-state index contributed by atoms with van der Waals surface area (Å²) in [7, 11) is 0. The molecule has 0 heterocycles. The Bertz CT molecular complexity index is 223. The SMILES string of the molecule is CCCOCCOC(=O)C(CS)NC(C)=O. The first kappa shape index (κ1) is 15.2.